The minimum Gasteiger partial charge on any atom is -0.457 e. The Hall–Kier alpha value is -0.930. The largest absolute Gasteiger partial charge is 0.457 e. The fourth-order valence-corrected chi connectivity index (χ4v) is 2.57. The summed E-state index contributed by atoms with van der Waals surface area (Å²) in [5.41, 5.74) is 6.79. The van der Waals surface area contributed by atoms with Gasteiger partial charge in [0.25, 0.3) is 0 Å². The van der Waals surface area contributed by atoms with Crippen LogP contribution in [0.3, 0.4) is 0 Å². The molecule has 1 atom stereocenters. The zero-order valence-corrected chi connectivity index (χ0v) is 13.1. The third-order valence-electron chi connectivity index (χ3n) is 2.63. The first kappa shape index (κ1) is 15.5. The summed E-state index contributed by atoms with van der Waals surface area (Å²) in [5, 5.41) is 1.70. The van der Waals surface area contributed by atoms with Gasteiger partial charge in [-0.25, -0.2) is 0 Å². The maximum absolute atomic E-state index is 6.02. The smallest absolute Gasteiger partial charge is 0.130 e. The first-order valence-corrected chi connectivity index (χ1v) is 7.25. The van der Waals surface area contributed by atoms with Crippen LogP contribution in [0.2, 0.25) is 15.1 Å². The molecule has 0 saturated carbocycles. The molecule has 0 aliphatic rings. The highest BCUT2D eigenvalue weighted by Gasteiger charge is 2.09. The quantitative estimate of drug-likeness (QED) is 0.822. The fourth-order valence-electron chi connectivity index (χ4n) is 1.87. The summed E-state index contributed by atoms with van der Waals surface area (Å²) in [6, 6.07) is 10.5. The van der Waals surface area contributed by atoms with Crippen molar-refractivity contribution in [3.05, 3.63) is 57.0 Å². The molecular formula is C15H14Cl3NO. The molecule has 0 aliphatic carbocycles. The van der Waals surface area contributed by atoms with E-state index in [1.54, 1.807) is 24.3 Å². The Balaban J connectivity index is 2.32. The van der Waals surface area contributed by atoms with E-state index >= 15 is 0 Å². The highest BCUT2D eigenvalue weighted by Crippen LogP contribution is 2.32. The summed E-state index contributed by atoms with van der Waals surface area (Å²) in [7, 11) is 0. The van der Waals surface area contributed by atoms with Crippen molar-refractivity contribution in [1.82, 2.24) is 0 Å². The Kier molecular flexibility index (Phi) is 5.17. The molecule has 1 unspecified atom stereocenters. The van der Waals surface area contributed by atoms with Gasteiger partial charge in [-0.3, -0.25) is 0 Å². The minimum atomic E-state index is 0.0127. The van der Waals surface area contributed by atoms with Crippen LogP contribution in [-0.4, -0.2) is 6.04 Å². The maximum Gasteiger partial charge on any atom is 0.130 e. The predicted octanol–water partition coefficient (Wildman–Crippen LogP) is 5.33. The summed E-state index contributed by atoms with van der Waals surface area (Å²) in [4.78, 5) is 0. The number of nitrogens with two attached hydrogens (primary N) is 1. The monoisotopic (exact) mass is 329 g/mol. The van der Waals surface area contributed by atoms with Crippen LogP contribution in [0.4, 0.5) is 0 Å². The van der Waals surface area contributed by atoms with Crippen molar-refractivity contribution in [3.63, 3.8) is 0 Å². The molecule has 2 rings (SSSR count). The number of ether oxygens (including phenoxy) is 1. The molecule has 0 aromatic heterocycles. The van der Waals surface area contributed by atoms with Crippen LogP contribution in [0.25, 0.3) is 0 Å². The topological polar surface area (TPSA) is 35.2 Å². The van der Waals surface area contributed by atoms with Crippen molar-refractivity contribution in [3.8, 4) is 11.5 Å². The molecule has 20 heavy (non-hydrogen) atoms. The number of halogens is 3. The molecule has 0 saturated heterocycles. The molecule has 5 heteroatoms. The van der Waals surface area contributed by atoms with Gasteiger partial charge < -0.3 is 10.5 Å². The van der Waals surface area contributed by atoms with E-state index in [2.05, 4.69) is 0 Å². The lowest BCUT2D eigenvalue weighted by atomic mass is 10.1. The molecule has 106 valence electrons. The molecule has 0 heterocycles. The van der Waals surface area contributed by atoms with Crippen molar-refractivity contribution in [2.75, 3.05) is 0 Å². The Morgan fingerprint density at radius 1 is 1.00 bits per heavy atom. The van der Waals surface area contributed by atoms with Crippen LogP contribution in [0.5, 0.6) is 11.5 Å². The zero-order chi connectivity index (χ0) is 14.7. The second-order valence-corrected chi connectivity index (χ2v) is 5.95. The maximum atomic E-state index is 6.02. The van der Waals surface area contributed by atoms with Crippen LogP contribution >= 0.6 is 34.8 Å². The van der Waals surface area contributed by atoms with Gasteiger partial charge in [-0.05, 0) is 55.3 Å². The van der Waals surface area contributed by atoms with Gasteiger partial charge in [0.1, 0.15) is 11.5 Å². The molecule has 0 spiro atoms. The van der Waals surface area contributed by atoms with Gasteiger partial charge in [-0.1, -0.05) is 34.8 Å². The number of hydrogen-bond donors (Lipinski definition) is 1. The lowest BCUT2D eigenvalue weighted by Crippen LogP contribution is -2.18. The van der Waals surface area contributed by atoms with Gasteiger partial charge in [-0.2, -0.15) is 0 Å². The Labute approximate surface area is 133 Å². The number of hydrogen-bond acceptors (Lipinski definition) is 2. The van der Waals surface area contributed by atoms with Crippen molar-refractivity contribution >= 4 is 34.8 Å². The van der Waals surface area contributed by atoms with Gasteiger partial charge in [0, 0.05) is 21.1 Å². The molecule has 0 fully saturated rings. The number of benzene rings is 2. The average Bonchev–Trinajstić information content (AvgIpc) is 2.30. The lowest BCUT2D eigenvalue weighted by molar-refractivity contribution is 0.474. The van der Waals surface area contributed by atoms with Crippen molar-refractivity contribution in [1.29, 1.82) is 0 Å². The van der Waals surface area contributed by atoms with Gasteiger partial charge in [0.2, 0.25) is 0 Å². The van der Waals surface area contributed by atoms with Crippen LogP contribution in [-0.2, 0) is 6.42 Å². The summed E-state index contributed by atoms with van der Waals surface area (Å²) in [6.45, 7) is 1.93. The van der Waals surface area contributed by atoms with Crippen LogP contribution in [0, 0.1) is 0 Å². The van der Waals surface area contributed by atoms with Crippen LogP contribution in [0.1, 0.15) is 12.5 Å². The third kappa shape index (κ3) is 4.29. The Morgan fingerprint density at radius 3 is 2.25 bits per heavy atom. The van der Waals surface area contributed by atoms with E-state index in [0.29, 0.717) is 33.0 Å². The highest BCUT2D eigenvalue weighted by atomic mass is 35.5. The molecule has 2 N–H and O–H groups in total. The van der Waals surface area contributed by atoms with E-state index in [1.807, 2.05) is 19.1 Å². The summed E-state index contributed by atoms with van der Waals surface area (Å²) in [6.07, 6.45) is 0.671. The second kappa shape index (κ2) is 6.68. The normalized spacial score (nSPS) is 12.2. The fraction of sp³-hybridized carbons (Fsp3) is 0.200. The van der Waals surface area contributed by atoms with Gasteiger partial charge >= 0.3 is 0 Å². The number of rotatable bonds is 4. The van der Waals surface area contributed by atoms with Gasteiger partial charge in [0.15, 0.2) is 0 Å². The molecule has 2 nitrogen and oxygen atoms in total. The molecule has 0 amide bonds. The Morgan fingerprint density at radius 2 is 1.65 bits per heavy atom. The molecule has 2 aromatic rings. The van der Waals surface area contributed by atoms with Crippen LogP contribution < -0.4 is 10.5 Å². The van der Waals surface area contributed by atoms with E-state index in [0.717, 1.165) is 5.56 Å². The average molecular weight is 331 g/mol. The van der Waals surface area contributed by atoms with Gasteiger partial charge in [-0.15, -0.1) is 0 Å². The summed E-state index contributed by atoms with van der Waals surface area (Å²) >= 11 is 17.9. The van der Waals surface area contributed by atoms with E-state index < -0.39 is 0 Å². The SMILES string of the molecule is CC(N)Cc1cc(Cl)ccc1Oc1cc(Cl)cc(Cl)c1. The molecule has 0 bridgehead atoms. The van der Waals surface area contributed by atoms with E-state index in [4.69, 9.17) is 45.3 Å². The molecule has 2 aromatic carbocycles. The molecule has 0 aliphatic heterocycles. The second-order valence-electron chi connectivity index (χ2n) is 4.64. The van der Waals surface area contributed by atoms with Crippen molar-refractivity contribution < 1.29 is 4.74 Å². The van der Waals surface area contributed by atoms with Crippen molar-refractivity contribution in [2.24, 2.45) is 5.73 Å². The third-order valence-corrected chi connectivity index (χ3v) is 3.30. The van der Waals surface area contributed by atoms with Gasteiger partial charge in [0.05, 0.1) is 0 Å². The van der Waals surface area contributed by atoms with Crippen molar-refractivity contribution in [2.45, 2.75) is 19.4 Å². The standard InChI is InChI=1S/C15H14Cl3NO/c1-9(19)4-10-5-11(16)2-3-15(10)20-14-7-12(17)6-13(18)8-14/h2-3,5-9H,4,19H2,1H3. The van der Waals surface area contributed by atoms with E-state index in [-0.39, 0.29) is 6.04 Å². The highest BCUT2D eigenvalue weighted by molar-refractivity contribution is 6.34. The summed E-state index contributed by atoms with van der Waals surface area (Å²) < 4.78 is 5.84. The van der Waals surface area contributed by atoms with E-state index in [1.165, 1.54) is 0 Å². The van der Waals surface area contributed by atoms with E-state index in [9.17, 15) is 0 Å². The zero-order valence-electron chi connectivity index (χ0n) is 10.9. The summed E-state index contributed by atoms with van der Waals surface area (Å²) in [5.74, 6) is 1.28. The first-order valence-electron chi connectivity index (χ1n) is 6.12. The molecule has 0 radical (unpaired) electrons. The van der Waals surface area contributed by atoms with Crippen LogP contribution in [0.15, 0.2) is 36.4 Å². The Bertz CT molecular complexity index is 594. The first-order chi connectivity index (χ1) is 9.44. The predicted molar refractivity (Wildman–Crippen MR) is 85.3 cm³/mol. The molecular weight excluding hydrogens is 317 g/mol. The minimum absolute atomic E-state index is 0.0127. The lowest BCUT2D eigenvalue weighted by Gasteiger charge is -2.13.